The van der Waals surface area contributed by atoms with Crippen molar-refractivity contribution < 1.29 is 14.7 Å². The predicted octanol–water partition coefficient (Wildman–Crippen LogP) is 1.90. The van der Waals surface area contributed by atoms with Gasteiger partial charge < -0.3 is 9.94 Å². The molecule has 1 saturated carbocycles. The number of hydrogen-bond donors (Lipinski definition) is 1. The average molecular weight is 231 g/mol. The second kappa shape index (κ2) is 3.87. The van der Waals surface area contributed by atoms with Crippen LogP contribution in [0.2, 0.25) is 0 Å². The lowest BCUT2D eigenvalue weighted by Crippen LogP contribution is -2.17. The molecule has 0 amide bonds. The fourth-order valence-corrected chi connectivity index (χ4v) is 2.67. The molecule has 88 valence electrons. The Labute approximate surface area is 98.9 Å². The van der Waals surface area contributed by atoms with Gasteiger partial charge in [0.05, 0.1) is 11.6 Å². The molecule has 3 rings (SSSR count). The van der Waals surface area contributed by atoms with Gasteiger partial charge in [0.2, 0.25) is 0 Å². The highest BCUT2D eigenvalue weighted by atomic mass is 16.6. The number of nitrogens with zero attached hydrogens (tertiary/aromatic N) is 1. The molecule has 0 spiro atoms. The number of rotatable bonds is 2. The maximum absolute atomic E-state index is 11.0. The number of hydrogen-bond acceptors (Lipinski definition) is 3. The maximum atomic E-state index is 11.0. The summed E-state index contributed by atoms with van der Waals surface area (Å²) >= 11 is 0. The van der Waals surface area contributed by atoms with Gasteiger partial charge in [0.1, 0.15) is 6.10 Å². The maximum Gasteiger partial charge on any atom is 0.306 e. The monoisotopic (exact) mass is 231 g/mol. The number of carbonyl (C=O) groups is 1. The predicted molar refractivity (Wildman–Crippen MR) is 61.7 cm³/mol. The molecule has 17 heavy (non-hydrogen) atoms. The first-order chi connectivity index (χ1) is 8.25. The van der Waals surface area contributed by atoms with E-state index >= 15 is 0 Å². The molecule has 1 heterocycles. The van der Waals surface area contributed by atoms with Gasteiger partial charge in [-0.2, -0.15) is 0 Å². The van der Waals surface area contributed by atoms with Crippen molar-refractivity contribution in [2.45, 2.75) is 18.9 Å². The number of carboxylic acids is 1. The number of carboxylic acid groups (broad SMARTS) is 1. The molecule has 4 heteroatoms. The van der Waals surface area contributed by atoms with Crippen LogP contribution in [0.1, 0.15) is 18.4 Å². The van der Waals surface area contributed by atoms with E-state index in [0.29, 0.717) is 12.8 Å². The zero-order valence-electron chi connectivity index (χ0n) is 9.24. The molecule has 2 aliphatic rings. The van der Waals surface area contributed by atoms with Gasteiger partial charge >= 0.3 is 5.97 Å². The smallest absolute Gasteiger partial charge is 0.306 e. The van der Waals surface area contributed by atoms with Gasteiger partial charge in [-0.05, 0) is 12.0 Å². The second-order valence-corrected chi connectivity index (χ2v) is 4.60. The second-order valence-electron chi connectivity index (χ2n) is 4.60. The number of oxime groups is 1. The highest BCUT2D eigenvalue weighted by Gasteiger charge is 2.45. The Morgan fingerprint density at radius 3 is 2.76 bits per heavy atom. The minimum Gasteiger partial charge on any atom is -0.481 e. The zero-order chi connectivity index (χ0) is 11.8. The van der Waals surface area contributed by atoms with Gasteiger partial charge in [-0.15, -0.1) is 0 Å². The van der Waals surface area contributed by atoms with Crippen LogP contribution in [-0.2, 0) is 9.63 Å². The summed E-state index contributed by atoms with van der Waals surface area (Å²) in [7, 11) is 0. The molecule has 1 aromatic rings. The molecule has 1 N–H and O–H groups in total. The summed E-state index contributed by atoms with van der Waals surface area (Å²) in [4.78, 5) is 16.3. The minimum absolute atomic E-state index is 0.0497. The van der Waals surface area contributed by atoms with Gasteiger partial charge in [0.25, 0.3) is 0 Å². The molecule has 4 nitrogen and oxygen atoms in total. The highest BCUT2D eigenvalue weighted by Crippen LogP contribution is 2.39. The Bertz CT molecular complexity index is 469. The van der Waals surface area contributed by atoms with E-state index < -0.39 is 5.97 Å². The molecule has 0 saturated heterocycles. The molecule has 1 aliphatic carbocycles. The standard InChI is InChI=1S/C13H13NO3/c15-13(16)9-6-10-11(7-9)17-14-12(10)8-4-2-1-3-5-8/h1-5,9-11H,6-7H2,(H,15,16)/t9-,10+,11+/m0/s1. The van der Waals surface area contributed by atoms with Crippen LogP contribution in [0.25, 0.3) is 0 Å². The molecule has 1 fully saturated rings. The quantitative estimate of drug-likeness (QED) is 0.845. The van der Waals surface area contributed by atoms with Crippen LogP contribution < -0.4 is 0 Å². The first kappa shape index (κ1) is 10.3. The summed E-state index contributed by atoms with van der Waals surface area (Å²) in [5.41, 5.74) is 1.94. The minimum atomic E-state index is -0.726. The van der Waals surface area contributed by atoms with Crippen molar-refractivity contribution in [3.05, 3.63) is 35.9 Å². The lowest BCUT2D eigenvalue weighted by molar-refractivity contribution is -0.141. The van der Waals surface area contributed by atoms with Crippen molar-refractivity contribution in [1.29, 1.82) is 0 Å². The van der Waals surface area contributed by atoms with Crippen LogP contribution in [0.5, 0.6) is 0 Å². The fraction of sp³-hybridized carbons (Fsp3) is 0.385. The third-order valence-corrected chi connectivity index (χ3v) is 3.56. The third kappa shape index (κ3) is 1.69. The van der Waals surface area contributed by atoms with Gasteiger partial charge in [0, 0.05) is 12.3 Å². The Hall–Kier alpha value is -1.84. The van der Waals surface area contributed by atoms with Crippen molar-refractivity contribution in [3.63, 3.8) is 0 Å². The van der Waals surface area contributed by atoms with Gasteiger partial charge in [-0.1, -0.05) is 35.5 Å². The average Bonchev–Trinajstić information content (AvgIpc) is 2.89. The first-order valence-electron chi connectivity index (χ1n) is 5.77. The Morgan fingerprint density at radius 1 is 1.29 bits per heavy atom. The SMILES string of the molecule is O=C(O)[C@@H]1C[C@H]2ON=C(c3ccccc3)[C@@H]2C1. The first-order valence-corrected chi connectivity index (χ1v) is 5.77. The van der Waals surface area contributed by atoms with Crippen molar-refractivity contribution in [1.82, 2.24) is 0 Å². The van der Waals surface area contributed by atoms with Crippen LogP contribution >= 0.6 is 0 Å². The summed E-state index contributed by atoms with van der Waals surface area (Å²) in [5.74, 6) is -0.881. The van der Waals surface area contributed by atoms with Crippen molar-refractivity contribution >= 4 is 11.7 Å². The molecule has 0 unspecified atom stereocenters. The molecular weight excluding hydrogens is 218 g/mol. The van der Waals surface area contributed by atoms with E-state index in [1.165, 1.54) is 0 Å². The molecule has 0 aromatic heterocycles. The largest absolute Gasteiger partial charge is 0.481 e. The lowest BCUT2D eigenvalue weighted by atomic mass is 9.94. The van der Waals surface area contributed by atoms with Crippen LogP contribution in [-0.4, -0.2) is 22.9 Å². The number of aliphatic carboxylic acids is 1. The van der Waals surface area contributed by atoms with E-state index in [-0.39, 0.29) is 17.9 Å². The molecule has 3 atom stereocenters. The molecule has 0 radical (unpaired) electrons. The summed E-state index contributed by atoms with van der Waals surface area (Å²) in [6, 6.07) is 9.83. The van der Waals surface area contributed by atoms with Gasteiger partial charge in [0.15, 0.2) is 0 Å². The van der Waals surface area contributed by atoms with Crippen molar-refractivity contribution in [2.24, 2.45) is 17.0 Å². The van der Waals surface area contributed by atoms with E-state index in [1.54, 1.807) is 0 Å². The number of benzene rings is 1. The Balaban J connectivity index is 1.84. The van der Waals surface area contributed by atoms with E-state index in [4.69, 9.17) is 9.94 Å². The normalized spacial score (nSPS) is 30.6. The van der Waals surface area contributed by atoms with E-state index in [2.05, 4.69) is 5.16 Å². The molecule has 1 aromatic carbocycles. The van der Waals surface area contributed by atoms with E-state index in [0.717, 1.165) is 11.3 Å². The molecule has 1 aliphatic heterocycles. The number of fused-ring (bicyclic) bond motifs is 1. The van der Waals surface area contributed by atoms with Crippen molar-refractivity contribution in [3.8, 4) is 0 Å². The summed E-state index contributed by atoms with van der Waals surface area (Å²) < 4.78 is 0. The van der Waals surface area contributed by atoms with Gasteiger partial charge in [-0.25, -0.2) is 0 Å². The van der Waals surface area contributed by atoms with E-state index in [1.807, 2.05) is 30.3 Å². The fourth-order valence-electron chi connectivity index (χ4n) is 2.67. The summed E-state index contributed by atoms with van der Waals surface area (Å²) in [6.45, 7) is 0. The van der Waals surface area contributed by atoms with Crippen LogP contribution in [0.4, 0.5) is 0 Å². The Morgan fingerprint density at radius 2 is 2.06 bits per heavy atom. The lowest BCUT2D eigenvalue weighted by Gasteiger charge is -2.08. The van der Waals surface area contributed by atoms with Crippen LogP contribution in [0.15, 0.2) is 35.5 Å². The van der Waals surface area contributed by atoms with Gasteiger partial charge in [-0.3, -0.25) is 4.79 Å². The summed E-state index contributed by atoms with van der Waals surface area (Å²) in [5, 5.41) is 13.1. The van der Waals surface area contributed by atoms with Crippen molar-refractivity contribution in [2.75, 3.05) is 0 Å². The molecule has 0 bridgehead atoms. The third-order valence-electron chi connectivity index (χ3n) is 3.56. The van der Waals surface area contributed by atoms with Crippen LogP contribution in [0.3, 0.4) is 0 Å². The van der Waals surface area contributed by atoms with E-state index in [9.17, 15) is 4.79 Å². The zero-order valence-corrected chi connectivity index (χ0v) is 9.24. The van der Waals surface area contributed by atoms with Crippen LogP contribution in [0, 0.1) is 11.8 Å². The molecular formula is C13H13NO3. The Kier molecular flexibility index (Phi) is 2.35. The topological polar surface area (TPSA) is 58.9 Å². The summed E-state index contributed by atoms with van der Waals surface area (Å²) in [6.07, 6.45) is 1.15. The highest BCUT2D eigenvalue weighted by molar-refractivity contribution is 6.03.